The predicted octanol–water partition coefficient (Wildman–Crippen LogP) is 4.41. The number of fused-ring (bicyclic) bond motifs is 2. The van der Waals surface area contributed by atoms with E-state index in [2.05, 4.69) is 34.5 Å². The first kappa shape index (κ1) is 19.7. The highest BCUT2D eigenvalue weighted by atomic mass is 32.1. The maximum absolute atomic E-state index is 12.7. The molecule has 0 atom stereocenters. The van der Waals surface area contributed by atoms with Crippen LogP contribution in [0, 0.1) is 0 Å². The summed E-state index contributed by atoms with van der Waals surface area (Å²) >= 11 is 1.18. The van der Waals surface area contributed by atoms with Gasteiger partial charge in [-0.05, 0) is 53.4 Å². The molecule has 1 aromatic heterocycles. The van der Waals surface area contributed by atoms with Crippen molar-refractivity contribution in [3.63, 3.8) is 0 Å². The first-order valence-corrected chi connectivity index (χ1v) is 11.2. The van der Waals surface area contributed by atoms with Gasteiger partial charge in [-0.1, -0.05) is 47.7 Å². The second-order valence-electron chi connectivity index (χ2n) is 7.99. The van der Waals surface area contributed by atoms with Gasteiger partial charge in [0.15, 0.2) is 0 Å². The van der Waals surface area contributed by atoms with Gasteiger partial charge in [0.1, 0.15) is 0 Å². The molecule has 0 saturated heterocycles. The zero-order valence-corrected chi connectivity index (χ0v) is 18.1. The topological polar surface area (TPSA) is 54.3 Å². The van der Waals surface area contributed by atoms with Crippen LogP contribution >= 0.6 is 11.3 Å². The van der Waals surface area contributed by atoms with Crippen molar-refractivity contribution < 1.29 is 4.79 Å². The number of aromatic nitrogens is 1. The lowest BCUT2D eigenvalue weighted by atomic mass is 9.99. The van der Waals surface area contributed by atoms with E-state index in [9.17, 15) is 9.59 Å². The molecular weight excluding hydrogens is 406 g/mol. The van der Waals surface area contributed by atoms with E-state index in [1.807, 2.05) is 42.5 Å². The molecule has 1 aliphatic rings. The van der Waals surface area contributed by atoms with E-state index in [4.69, 9.17) is 0 Å². The Bertz CT molecular complexity index is 1320. The summed E-state index contributed by atoms with van der Waals surface area (Å²) in [4.78, 5) is 26.9. The van der Waals surface area contributed by atoms with Crippen molar-refractivity contribution in [3.8, 4) is 0 Å². The number of carbonyl (C=O) groups excluding carboxylic acids is 1. The van der Waals surface area contributed by atoms with Gasteiger partial charge >= 0.3 is 4.87 Å². The molecule has 0 radical (unpaired) electrons. The highest BCUT2D eigenvalue weighted by Crippen LogP contribution is 2.23. The molecule has 0 spiro atoms. The molecule has 0 fully saturated rings. The summed E-state index contributed by atoms with van der Waals surface area (Å²) in [5, 5.41) is 2.94. The molecule has 1 amide bonds. The Balaban J connectivity index is 1.24. The molecule has 2 heterocycles. The molecule has 0 bridgehead atoms. The molecule has 5 rings (SSSR count). The summed E-state index contributed by atoms with van der Waals surface area (Å²) in [5.41, 5.74) is 6.24. The van der Waals surface area contributed by atoms with Crippen LogP contribution in [0.4, 0.5) is 5.69 Å². The predicted molar refractivity (Wildman–Crippen MR) is 126 cm³/mol. The number of thiazole rings is 1. The summed E-state index contributed by atoms with van der Waals surface area (Å²) in [6.45, 7) is 2.89. The lowest BCUT2D eigenvalue weighted by molar-refractivity contribution is 0.102. The van der Waals surface area contributed by atoms with Gasteiger partial charge in [0.05, 0.1) is 10.2 Å². The average molecular weight is 430 g/mol. The summed E-state index contributed by atoms with van der Waals surface area (Å²) in [5.74, 6) is -0.152. The molecule has 0 unspecified atom stereocenters. The highest BCUT2D eigenvalue weighted by molar-refractivity contribution is 7.16. The first-order chi connectivity index (χ1) is 15.1. The van der Waals surface area contributed by atoms with Crippen molar-refractivity contribution in [2.24, 2.45) is 7.05 Å². The summed E-state index contributed by atoms with van der Waals surface area (Å²) in [7, 11) is 1.75. The number of aryl methyl sites for hydroxylation is 1. The summed E-state index contributed by atoms with van der Waals surface area (Å²) < 4.78 is 2.48. The molecule has 1 aliphatic heterocycles. The molecule has 5 nitrogen and oxygen atoms in total. The average Bonchev–Trinajstić information content (AvgIpc) is 3.07. The minimum Gasteiger partial charge on any atom is -0.322 e. The van der Waals surface area contributed by atoms with Gasteiger partial charge in [-0.15, -0.1) is 0 Å². The second kappa shape index (κ2) is 8.13. The summed E-state index contributed by atoms with van der Waals surface area (Å²) in [6, 6.07) is 22.0. The Morgan fingerprint density at radius 1 is 1.03 bits per heavy atom. The lowest BCUT2D eigenvalue weighted by Gasteiger charge is -2.28. The normalized spacial score (nSPS) is 13.8. The molecule has 156 valence electrons. The second-order valence-corrected chi connectivity index (χ2v) is 8.98. The van der Waals surface area contributed by atoms with Crippen molar-refractivity contribution >= 4 is 33.1 Å². The molecule has 4 aromatic rings. The van der Waals surface area contributed by atoms with Gasteiger partial charge in [-0.25, -0.2) is 0 Å². The van der Waals surface area contributed by atoms with Gasteiger partial charge in [0.2, 0.25) is 0 Å². The highest BCUT2D eigenvalue weighted by Gasteiger charge is 2.16. The fourth-order valence-corrected chi connectivity index (χ4v) is 5.04. The van der Waals surface area contributed by atoms with E-state index in [1.54, 1.807) is 11.6 Å². The van der Waals surface area contributed by atoms with Crippen LogP contribution in [0.25, 0.3) is 10.2 Å². The molecular formula is C25H23N3O2S. The van der Waals surface area contributed by atoms with Crippen molar-refractivity contribution in [2.45, 2.75) is 19.5 Å². The SMILES string of the molecule is Cn1c(=O)sc2cc(NC(=O)c3ccc(CN4CCc5ccccc5C4)cc3)ccc21. The largest absolute Gasteiger partial charge is 0.322 e. The molecule has 1 N–H and O–H groups in total. The van der Waals surface area contributed by atoms with Gasteiger partial charge in [0, 0.05) is 37.9 Å². The Morgan fingerprint density at radius 3 is 2.61 bits per heavy atom. The van der Waals surface area contributed by atoms with E-state index in [-0.39, 0.29) is 10.8 Å². The maximum Gasteiger partial charge on any atom is 0.307 e. The minimum atomic E-state index is -0.152. The first-order valence-electron chi connectivity index (χ1n) is 10.4. The number of hydrogen-bond donors (Lipinski definition) is 1. The molecule has 0 aliphatic carbocycles. The summed E-state index contributed by atoms with van der Waals surface area (Å²) in [6.07, 6.45) is 1.08. The number of nitrogens with one attached hydrogen (secondary N) is 1. The van der Waals surface area contributed by atoms with Gasteiger partial charge in [0.25, 0.3) is 5.91 Å². The smallest absolute Gasteiger partial charge is 0.307 e. The number of hydrogen-bond acceptors (Lipinski definition) is 4. The van der Waals surface area contributed by atoms with Crippen molar-refractivity contribution in [3.05, 3.63) is 98.7 Å². The number of rotatable bonds is 4. The Labute approximate surface area is 184 Å². The quantitative estimate of drug-likeness (QED) is 0.523. The maximum atomic E-state index is 12.7. The number of nitrogens with zero attached hydrogens (tertiary/aromatic N) is 2. The molecule has 3 aromatic carbocycles. The Hall–Kier alpha value is -3.22. The fourth-order valence-electron chi connectivity index (χ4n) is 4.12. The standard InChI is InChI=1S/C25H23N3O2S/c1-27-22-11-10-21(14-23(22)31-25(27)30)26-24(29)19-8-6-17(7-9-19)15-28-13-12-18-4-2-3-5-20(18)16-28/h2-11,14H,12-13,15-16H2,1H3,(H,26,29). The third-order valence-corrected chi connectivity index (χ3v) is 6.88. The zero-order chi connectivity index (χ0) is 21.4. The fraction of sp³-hybridized carbons (Fsp3) is 0.200. The third-order valence-electron chi connectivity index (χ3n) is 5.88. The van der Waals surface area contributed by atoms with Crippen molar-refractivity contribution in [1.82, 2.24) is 9.47 Å². The van der Waals surface area contributed by atoms with Gasteiger partial charge in [-0.3, -0.25) is 14.5 Å². The minimum absolute atomic E-state index is 0.00809. The van der Waals surface area contributed by atoms with Crippen LogP contribution in [0.1, 0.15) is 27.0 Å². The van der Waals surface area contributed by atoms with Crippen LogP contribution in [0.5, 0.6) is 0 Å². The molecule has 0 saturated carbocycles. The van der Waals surface area contributed by atoms with Crippen LogP contribution in [0.2, 0.25) is 0 Å². The van der Waals surface area contributed by atoms with Crippen LogP contribution in [0.15, 0.2) is 71.5 Å². The van der Waals surface area contributed by atoms with E-state index < -0.39 is 0 Å². The van der Waals surface area contributed by atoms with Crippen molar-refractivity contribution in [2.75, 3.05) is 11.9 Å². The van der Waals surface area contributed by atoms with Gasteiger partial charge < -0.3 is 9.88 Å². The van der Waals surface area contributed by atoms with Crippen LogP contribution < -0.4 is 10.2 Å². The Kier molecular flexibility index (Phi) is 5.18. The molecule has 31 heavy (non-hydrogen) atoms. The molecule has 6 heteroatoms. The number of carbonyl (C=O) groups is 1. The van der Waals surface area contributed by atoms with E-state index in [1.165, 1.54) is 28.0 Å². The van der Waals surface area contributed by atoms with Crippen LogP contribution in [0.3, 0.4) is 0 Å². The van der Waals surface area contributed by atoms with Gasteiger partial charge in [-0.2, -0.15) is 0 Å². The number of anilines is 1. The number of amides is 1. The zero-order valence-electron chi connectivity index (χ0n) is 17.3. The van der Waals surface area contributed by atoms with Crippen molar-refractivity contribution in [1.29, 1.82) is 0 Å². The number of benzene rings is 3. The van der Waals surface area contributed by atoms with Crippen LogP contribution in [-0.4, -0.2) is 21.9 Å². The van der Waals surface area contributed by atoms with E-state index in [0.29, 0.717) is 11.3 Å². The lowest BCUT2D eigenvalue weighted by Crippen LogP contribution is -2.29. The van der Waals surface area contributed by atoms with Crippen LogP contribution in [-0.2, 0) is 26.6 Å². The monoisotopic (exact) mass is 429 g/mol. The Morgan fingerprint density at radius 2 is 1.81 bits per heavy atom. The van der Waals surface area contributed by atoms with E-state index in [0.717, 1.165) is 36.3 Å². The third kappa shape index (κ3) is 4.04. The van der Waals surface area contributed by atoms with E-state index >= 15 is 0 Å².